The Morgan fingerprint density at radius 3 is 2.80 bits per heavy atom. The first-order valence-corrected chi connectivity index (χ1v) is 5.49. The van der Waals surface area contributed by atoms with E-state index in [4.69, 9.17) is 22.1 Å². The topological polar surface area (TPSA) is 35.2 Å². The van der Waals surface area contributed by atoms with Gasteiger partial charge in [-0.3, -0.25) is 0 Å². The first-order valence-electron chi connectivity index (χ1n) is 5.12. The lowest BCUT2D eigenvalue weighted by atomic mass is 10.0. The highest BCUT2D eigenvalue weighted by molar-refractivity contribution is 6.31. The molecule has 0 saturated heterocycles. The van der Waals surface area contributed by atoms with Gasteiger partial charge in [-0.05, 0) is 30.5 Å². The maximum atomic E-state index is 6.09. The van der Waals surface area contributed by atoms with Gasteiger partial charge in [0.15, 0.2) is 0 Å². The molecular weight excluding hydrogens is 210 g/mol. The van der Waals surface area contributed by atoms with Gasteiger partial charge in [-0.2, -0.15) is 0 Å². The third-order valence-corrected chi connectivity index (χ3v) is 2.85. The number of rotatable bonds is 2. The average molecular weight is 224 g/mol. The van der Waals surface area contributed by atoms with Gasteiger partial charge in [0.2, 0.25) is 0 Å². The molecule has 1 aromatic carbocycles. The predicted molar refractivity (Wildman–Crippen MR) is 61.6 cm³/mol. The van der Waals surface area contributed by atoms with Gasteiger partial charge in [0, 0.05) is 5.02 Å². The molecule has 80 valence electrons. The van der Waals surface area contributed by atoms with Gasteiger partial charge in [0.1, 0.15) is 5.76 Å². The Balaban J connectivity index is 2.23. The average Bonchev–Trinajstić information content (AvgIpc) is 2.30. The molecule has 2 nitrogen and oxygen atoms in total. The molecule has 0 bridgehead atoms. The molecule has 2 rings (SSSR count). The maximum Gasteiger partial charge on any atom is 0.113 e. The van der Waals surface area contributed by atoms with Gasteiger partial charge in [0.25, 0.3) is 0 Å². The summed E-state index contributed by atoms with van der Waals surface area (Å²) in [4.78, 5) is 0. The molecule has 0 radical (unpaired) electrons. The quantitative estimate of drug-likeness (QED) is 0.837. The fourth-order valence-corrected chi connectivity index (χ4v) is 1.93. The van der Waals surface area contributed by atoms with Crippen molar-refractivity contribution in [3.63, 3.8) is 0 Å². The van der Waals surface area contributed by atoms with Gasteiger partial charge < -0.3 is 10.5 Å². The second-order valence-corrected chi connectivity index (χ2v) is 4.00. The van der Waals surface area contributed by atoms with E-state index in [0.29, 0.717) is 5.02 Å². The minimum atomic E-state index is -0.237. The highest BCUT2D eigenvalue weighted by Gasteiger charge is 2.17. The Labute approximate surface area is 94.7 Å². The molecule has 2 N–H and O–H groups in total. The number of hydrogen-bond acceptors (Lipinski definition) is 2. The van der Waals surface area contributed by atoms with E-state index >= 15 is 0 Å². The molecule has 0 amide bonds. The minimum absolute atomic E-state index is 0.237. The van der Waals surface area contributed by atoms with Crippen LogP contribution in [-0.2, 0) is 4.74 Å². The highest BCUT2D eigenvalue weighted by atomic mass is 35.5. The summed E-state index contributed by atoms with van der Waals surface area (Å²) >= 11 is 6.08. The standard InChI is InChI=1S/C12H14ClNO/c13-10-6-2-1-5-9(10)12(14)11-7-3-4-8-15-11/h1-2,5-7,12H,3-4,8,14H2. The van der Waals surface area contributed by atoms with Crippen LogP contribution in [0.4, 0.5) is 0 Å². The molecule has 1 heterocycles. The fraction of sp³-hybridized carbons (Fsp3) is 0.333. The van der Waals surface area contributed by atoms with E-state index in [-0.39, 0.29) is 6.04 Å². The lowest BCUT2D eigenvalue weighted by Gasteiger charge is -2.21. The van der Waals surface area contributed by atoms with Crippen LogP contribution in [0.2, 0.25) is 5.02 Å². The number of benzene rings is 1. The van der Waals surface area contributed by atoms with Gasteiger partial charge in [-0.1, -0.05) is 29.8 Å². The summed E-state index contributed by atoms with van der Waals surface area (Å²) in [6.07, 6.45) is 4.16. The molecule has 1 aromatic rings. The van der Waals surface area contributed by atoms with E-state index in [1.807, 2.05) is 24.3 Å². The van der Waals surface area contributed by atoms with Crippen molar-refractivity contribution in [2.24, 2.45) is 5.73 Å². The van der Waals surface area contributed by atoms with Crippen LogP contribution in [0.5, 0.6) is 0 Å². The molecule has 15 heavy (non-hydrogen) atoms. The number of nitrogens with two attached hydrogens (primary N) is 1. The van der Waals surface area contributed by atoms with Gasteiger partial charge in [0.05, 0.1) is 12.6 Å². The summed E-state index contributed by atoms with van der Waals surface area (Å²) in [5.41, 5.74) is 7.02. The predicted octanol–water partition coefficient (Wildman–Crippen LogP) is 3.03. The second-order valence-electron chi connectivity index (χ2n) is 3.60. The van der Waals surface area contributed by atoms with Crippen LogP contribution < -0.4 is 5.73 Å². The van der Waals surface area contributed by atoms with Crippen LogP contribution in [0.25, 0.3) is 0 Å². The van der Waals surface area contributed by atoms with E-state index in [2.05, 4.69) is 6.08 Å². The van der Waals surface area contributed by atoms with Crippen LogP contribution in [0.3, 0.4) is 0 Å². The zero-order valence-corrected chi connectivity index (χ0v) is 9.20. The van der Waals surface area contributed by atoms with Crippen molar-refractivity contribution in [3.05, 3.63) is 46.7 Å². The van der Waals surface area contributed by atoms with Crippen LogP contribution in [0.1, 0.15) is 24.4 Å². The third kappa shape index (κ3) is 2.33. The molecule has 1 atom stereocenters. The van der Waals surface area contributed by atoms with Crippen LogP contribution >= 0.6 is 11.6 Å². The Morgan fingerprint density at radius 1 is 1.33 bits per heavy atom. The van der Waals surface area contributed by atoms with Crippen molar-refractivity contribution in [1.29, 1.82) is 0 Å². The molecule has 1 aliphatic heterocycles. The molecule has 3 heteroatoms. The van der Waals surface area contributed by atoms with Gasteiger partial charge >= 0.3 is 0 Å². The van der Waals surface area contributed by atoms with E-state index in [0.717, 1.165) is 30.8 Å². The maximum absolute atomic E-state index is 6.09. The van der Waals surface area contributed by atoms with Crippen molar-refractivity contribution in [2.45, 2.75) is 18.9 Å². The van der Waals surface area contributed by atoms with Crippen molar-refractivity contribution < 1.29 is 4.74 Å². The number of hydrogen-bond donors (Lipinski definition) is 1. The Hall–Kier alpha value is -0.990. The highest BCUT2D eigenvalue weighted by Crippen LogP contribution is 2.28. The molecule has 0 saturated carbocycles. The van der Waals surface area contributed by atoms with E-state index in [1.54, 1.807) is 0 Å². The van der Waals surface area contributed by atoms with Crippen molar-refractivity contribution >= 4 is 11.6 Å². The van der Waals surface area contributed by atoms with Gasteiger partial charge in [-0.25, -0.2) is 0 Å². The monoisotopic (exact) mass is 223 g/mol. The molecule has 0 spiro atoms. The molecule has 1 unspecified atom stereocenters. The van der Waals surface area contributed by atoms with E-state index in [1.165, 1.54) is 0 Å². The Bertz CT molecular complexity index is 376. The van der Waals surface area contributed by atoms with E-state index in [9.17, 15) is 0 Å². The minimum Gasteiger partial charge on any atom is -0.496 e. The largest absolute Gasteiger partial charge is 0.496 e. The van der Waals surface area contributed by atoms with Crippen molar-refractivity contribution in [3.8, 4) is 0 Å². The molecular formula is C12H14ClNO. The summed E-state index contributed by atoms with van der Waals surface area (Å²) in [5, 5.41) is 0.695. The first-order chi connectivity index (χ1) is 7.29. The summed E-state index contributed by atoms with van der Waals surface area (Å²) in [5.74, 6) is 0.842. The Kier molecular flexibility index (Phi) is 3.29. The first kappa shape index (κ1) is 10.5. The lowest BCUT2D eigenvalue weighted by molar-refractivity contribution is 0.176. The van der Waals surface area contributed by atoms with Crippen LogP contribution in [0, 0.1) is 0 Å². The fourth-order valence-electron chi connectivity index (χ4n) is 1.67. The smallest absolute Gasteiger partial charge is 0.113 e. The molecule has 0 aliphatic carbocycles. The van der Waals surface area contributed by atoms with E-state index < -0.39 is 0 Å². The summed E-state index contributed by atoms with van der Waals surface area (Å²) in [6.45, 7) is 0.754. The van der Waals surface area contributed by atoms with Crippen LogP contribution in [-0.4, -0.2) is 6.61 Å². The molecule has 0 aromatic heterocycles. The zero-order chi connectivity index (χ0) is 10.7. The number of allylic oxidation sites excluding steroid dienone is 1. The summed E-state index contributed by atoms with van der Waals surface area (Å²) < 4.78 is 5.53. The number of ether oxygens (including phenoxy) is 1. The third-order valence-electron chi connectivity index (χ3n) is 2.51. The summed E-state index contributed by atoms with van der Waals surface area (Å²) in [6, 6.07) is 7.38. The Morgan fingerprint density at radius 2 is 2.13 bits per heavy atom. The summed E-state index contributed by atoms with van der Waals surface area (Å²) in [7, 11) is 0. The van der Waals surface area contributed by atoms with Gasteiger partial charge in [-0.15, -0.1) is 0 Å². The number of halogens is 1. The van der Waals surface area contributed by atoms with Crippen LogP contribution in [0.15, 0.2) is 36.1 Å². The van der Waals surface area contributed by atoms with Crippen molar-refractivity contribution in [2.75, 3.05) is 6.61 Å². The molecule has 0 fully saturated rings. The second kappa shape index (κ2) is 4.69. The lowest BCUT2D eigenvalue weighted by Crippen LogP contribution is -2.18. The van der Waals surface area contributed by atoms with Crippen molar-refractivity contribution in [1.82, 2.24) is 0 Å². The normalized spacial score (nSPS) is 17.9. The SMILES string of the molecule is NC(C1=CCCCO1)c1ccccc1Cl. The zero-order valence-electron chi connectivity index (χ0n) is 8.45. The molecule has 1 aliphatic rings.